The summed E-state index contributed by atoms with van der Waals surface area (Å²) < 4.78 is 17.2. The van der Waals surface area contributed by atoms with E-state index in [4.69, 9.17) is 0 Å². The van der Waals surface area contributed by atoms with Crippen LogP contribution in [0.4, 0.5) is 4.39 Å². The van der Waals surface area contributed by atoms with Crippen LogP contribution in [0.3, 0.4) is 0 Å². The summed E-state index contributed by atoms with van der Waals surface area (Å²) in [6, 6.07) is 10.2. The van der Waals surface area contributed by atoms with Crippen LogP contribution < -0.4 is 0 Å². The lowest BCUT2D eigenvalue weighted by Crippen LogP contribution is -2.31. The predicted molar refractivity (Wildman–Crippen MR) is 122 cm³/mol. The number of imidazole rings is 2. The second kappa shape index (κ2) is 8.58. The van der Waals surface area contributed by atoms with Crippen molar-refractivity contribution >= 4 is 23.1 Å². The summed E-state index contributed by atoms with van der Waals surface area (Å²) in [5.74, 6) is -2.22. The van der Waals surface area contributed by atoms with Crippen molar-refractivity contribution in [2.24, 2.45) is 0 Å². The number of halogens is 1. The quantitative estimate of drug-likeness (QED) is 0.271. The van der Waals surface area contributed by atoms with Crippen molar-refractivity contribution in [2.75, 3.05) is 6.54 Å². The molecular formula is C25H22FN5O3. The van der Waals surface area contributed by atoms with E-state index in [9.17, 15) is 19.1 Å². The standard InChI is InChI=1S/C25H22FN5O3/c1-16-21(30-12-3-2-5-19(30)28-16)23(32)20-22(17-6-8-18(26)9-7-17)31(25(34)24(20)33)13-4-11-29-14-10-27-15-29/h2-3,5-10,12,14-15,22,32H,4,11,13H2,1H3/b23-20-. The van der Waals surface area contributed by atoms with Gasteiger partial charge in [0.15, 0.2) is 5.76 Å². The Labute approximate surface area is 194 Å². The molecule has 0 radical (unpaired) electrons. The van der Waals surface area contributed by atoms with Crippen LogP contribution in [0.2, 0.25) is 0 Å². The number of carbonyl (C=O) groups is 2. The molecular weight excluding hydrogens is 437 g/mol. The predicted octanol–water partition coefficient (Wildman–Crippen LogP) is 3.49. The van der Waals surface area contributed by atoms with Gasteiger partial charge >= 0.3 is 0 Å². The molecule has 1 aromatic carbocycles. The minimum Gasteiger partial charge on any atom is -0.505 e. The van der Waals surface area contributed by atoms with E-state index in [1.54, 1.807) is 42.2 Å². The first-order chi connectivity index (χ1) is 16.5. The van der Waals surface area contributed by atoms with Crippen molar-refractivity contribution in [3.8, 4) is 0 Å². The molecule has 1 atom stereocenters. The number of amides is 1. The number of benzene rings is 1. The van der Waals surface area contributed by atoms with Crippen LogP contribution in [0.5, 0.6) is 0 Å². The van der Waals surface area contributed by atoms with Crippen molar-refractivity contribution < 1.29 is 19.1 Å². The monoisotopic (exact) mass is 459 g/mol. The Kier molecular flexibility index (Phi) is 5.45. The number of likely N-dealkylation sites (tertiary alicyclic amines) is 1. The molecule has 3 aromatic heterocycles. The van der Waals surface area contributed by atoms with Crippen LogP contribution in [0.1, 0.15) is 29.4 Å². The van der Waals surface area contributed by atoms with Crippen molar-refractivity contribution in [3.05, 3.63) is 95.7 Å². The number of nitrogens with zero attached hydrogens (tertiary/aromatic N) is 5. The Morgan fingerprint density at radius 1 is 1.09 bits per heavy atom. The SMILES string of the molecule is Cc1nc2ccccn2c1/C(O)=C1/C(=O)C(=O)N(CCCn2ccnc2)C1c1ccc(F)cc1. The van der Waals surface area contributed by atoms with Gasteiger partial charge < -0.3 is 14.6 Å². The molecule has 1 N–H and O–H groups in total. The molecule has 1 fully saturated rings. The third-order valence-electron chi connectivity index (χ3n) is 6.03. The molecule has 1 saturated heterocycles. The lowest BCUT2D eigenvalue weighted by molar-refractivity contribution is -0.139. The third-order valence-corrected chi connectivity index (χ3v) is 6.03. The molecule has 172 valence electrons. The third kappa shape index (κ3) is 3.64. The van der Waals surface area contributed by atoms with E-state index in [2.05, 4.69) is 9.97 Å². The Bertz CT molecular complexity index is 1410. The van der Waals surface area contributed by atoms with Crippen LogP contribution in [-0.4, -0.2) is 47.2 Å². The summed E-state index contributed by atoms with van der Waals surface area (Å²) in [5, 5.41) is 11.4. The van der Waals surface area contributed by atoms with E-state index in [-0.39, 0.29) is 17.9 Å². The maximum Gasteiger partial charge on any atom is 0.295 e. The fraction of sp³-hybridized carbons (Fsp3) is 0.200. The molecule has 4 heterocycles. The Balaban J connectivity index is 1.60. The lowest BCUT2D eigenvalue weighted by atomic mass is 9.96. The average molecular weight is 459 g/mol. The number of rotatable bonds is 6. The summed E-state index contributed by atoms with van der Waals surface area (Å²) in [4.78, 5) is 36.2. The van der Waals surface area contributed by atoms with Gasteiger partial charge in [-0.15, -0.1) is 0 Å². The van der Waals surface area contributed by atoms with Crippen molar-refractivity contribution in [3.63, 3.8) is 0 Å². The summed E-state index contributed by atoms with van der Waals surface area (Å²) in [5.41, 5.74) is 1.98. The maximum absolute atomic E-state index is 13.7. The number of Topliss-reactive ketones (excluding diaryl/α,β-unsaturated/α-hetero) is 1. The smallest absolute Gasteiger partial charge is 0.295 e. The first-order valence-corrected chi connectivity index (χ1v) is 10.9. The largest absolute Gasteiger partial charge is 0.505 e. The Morgan fingerprint density at radius 2 is 1.88 bits per heavy atom. The van der Waals surface area contributed by atoms with Gasteiger partial charge in [-0.25, -0.2) is 14.4 Å². The zero-order chi connectivity index (χ0) is 23.8. The number of aryl methyl sites for hydroxylation is 2. The van der Waals surface area contributed by atoms with Gasteiger partial charge in [0.25, 0.3) is 11.7 Å². The normalized spacial score (nSPS) is 17.7. The van der Waals surface area contributed by atoms with Crippen molar-refractivity contribution in [1.29, 1.82) is 0 Å². The molecule has 9 heteroatoms. The van der Waals surface area contributed by atoms with Crippen LogP contribution >= 0.6 is 0 Å². The minimum atomic E-state index is -0.850. The molecule has 4 aromatic rings. The number of aromatic nitrogens is 4. The van der Waals surface area contributed by atoms with E-state index in [1.807, 2.05) is 16.8 Å². The van der Waals surface area contributed by atoms with Crippen molar-refractivity contribution in [2.45, 2.75) is 25.9 Å². The van der Waals surface area contributed by atoms with Gasteiger partial charge in [-0.1, -0.05) is 18.2 Å². The van der Waals surface area contributed by atoms with Gasteiger partial charge in [0, 0.05) is 31.7 Å². The second-order valence-corrected chi connectivity index (χ2v) is 8.17. The summed E-state index contributed by atoms with van der Waals surface area (Å²) >= 11 is 0. The number of hydrogen-bond donors (Lipinski definition) is 1. The summed E-state index contributed by atoms with van der Waals surface area (Å²) in [7, 11) is 0. The van der Waals surface area contributed by atoms with E-state index in [0.29, 0.717) is 35.6 Å². The fourth-order valence-corrected chi connectivity index (χ4v) is 4.47. The summed E-state index contributed by atoms with van der Waals surface area (Å²) in [6.07, 6.45) is 7.47. The van der Waals surface area contributed by atoms with E-state index in [1.165, 1.54) is 29.2 Å². The highest BCUT2D eigenvalue weighted by Crippen LogP contribution is 2.40. The number of aliphatic hydroxyl groups is 1. The highest BCUT2D eigenvalue weighted by molar-refractivity contribution is 6.46. The zero-order valence-corrected chi connectivity index (χ0v) is 18.4. The molecule has 5 rings (SSSR count). The van der Waals surface area contributed by atoms with Crippen molar-refractivity contribution in [1.82, 2.24) is 23.8 Å². The lowest BCUT2D eigenvalue weighted by Gasteiger charge is -2.25. The number of pyridine rings is 1. The van der Waals surface area contributed by atoms with Gasteiger partial charge in [-0.05, 0) is 43.2 Å². The van der Waals surface area contributed by atoms with Crippen LogP contribution in [0, 0.1) is 12.7 Å². The van der Waals surface area contributed by atoms with Gasteiger partial charge in [-0.3, -0.25) is 14.0 Å². The zero-order valence-electron chi connectivity index (χ0n) is 18.4. The van der Waals surface area contributed by atoms with Crippen LogP contribution in [0.25, 0.3) is 11.4 Å². The number of hydrogen-bond acceptors (Lipinski definition) is 5. The van der Waals surface area contributed by atoms with Gasteiger partial charge in [-0.2, -0.15) is 0 Å². The molecule has 1 aliphatic rings. The van der Waals surface area contributed by atoms with E-state index >= 15 is 0 Å². The summed E-state index contributed by atoms with van der Waals surface area (Å²) in [6.45, 7) is 2.61. The highest BCUT2D eigenvalue weighted by atomic mass is 19.1. The van der Waals surface area contributed by atoms with Crippen LogP contribution in [0.15, 0.2) is 73.0 Å². The second-order valence-electron chi connectivity index (χ2n) is 8.17. The molecule has 1 amide bonds. The molecule has 0 aliphatic carbocycles. The first-order valence-electron chi connectivity index (χ1n) is 10.9. The molecule has 0 spiro atoms. The maximum atomic E-state index is 13.7. The topological polar surface area (TPSA) is 92.7 Å². The van der Waals surface area contributed by atoms with Gasteiger partial charge in [0.05, 0.1) is 23.6 Å². The molecule has 1 unspecified atom stereocenters. The molecule has 0 bridgehead atoms. The number of aliphatic hydroxyl groups excluding tert-OH is 1. The molecule has 34 heavy (non-hydrogen) atoms. The van der Waals surface area contributed by atoms with Gasteiger partial charge in [0.1, 0.15) is 17.2 Å². The Hall–Kier alpha value is -4.27. The van der Waals surface area contributed by atoms with E-state index in [0.717, 1.165) is 0 Å². The van der Waals surface area contributed by atoms with E-state index < -0.39 is 23.5 Å². The minimum absolute atomic E-state index is 0.0343. The number of ketones is 1. The molecule has 1 aliphatic heterocycles. The molecule has 0 saturated carbocycles. The van der Waals surface area contributed by atoms with Gasteiger partial charge in [0.2, 0.25) is 0 Å². The first kappa shape index (κ1) is 21.6. The Morgan fingerprint density at radius 3 is 2.62 bits per heavy atom. The number of carbonyl (C=O) groups excluding carboxylic acids is 2. The number of fused-ring (bicyclic) bond motifs is 1. The molecule has 8 nitrogen and oxygen atoms in total. The fourth-order valence-electron chi connectivity index (χ4n) is 4.47. The van der Waals surface area contributed by atoms with Crippen LogP contribution in [-0.2, 0) is 16.1 Å². The highest BCUT2D eigenvalue weighted by Gasteiger charge is 2.46. The average Bonchev–Trinajstić information content (AvgIpc) is 3.52.